The van der Waals surface area contributed by atoms with Crippen LogP contribution in [-0.4, -0.2) is 57.4 Å². The number of rotatable bonds is 6. The Labute approximate surface area is 140 Å². The molecular weight excluding hydrogens is 310 g/mol. The quantitative estimate of drug-likeness (QED) is 0.732. The molecule has 3 rings (SSSR count). The summed E-state index contributed by atoms with van der Waals surface area (Å²) < 4.78 is 12.6. The SMILES string of the molecule is CCc1nnc2n1CCN(C(=O)c1cccnc1OCCOC)C2. The van der Waals surface area contributed by atoms with Crippen LogP contribution in [0.3, 0.4) is 0 Å². The summed E-state index contributed by atoms with van der Waals surface area (Å²) in [6.45, 7) is 4.60. The Kier molecular flexibility index (Phi) is 5.05. The molecular formula is C16H21N5O3. The Morgan fingerprint density at radius 1 is 1.29 bits per heavy atom. The van der Waals surface area contributed by atoms with Gasteiger partial charge in [-0.2, -0.15) is 0 Å². The van der Waals surface area contributed by atoms with Crippen LogP contribution in [0.15, 0.2) is 18.3 Å². The lowest BCUT2D eigenvalue weighted by Crippen LogP contribution is -2.39. The fourth-order valence-electron chi connectivity index (χ4n) is 2.71. The van der Waals surface area contributed by atoms with Gasteiger partial charge in [-0.3, -0.25) is 4.79 Å². The highest BCUT2D eigenvalue weighted by atomic mass is 16.5. The first-order valence-corrected chi connectivity index (χ1v) is 8.01. The van der Waals surface area contributed by atoms with E-state index >= 15 is 0 Å². The lowest BCUT2D eigenvalue weighted by molar-refractivity contribution is 0.0698. The first-order valence-electron chi connectivity index (χ1n) is 8.01. The Bertz CT molecular complexity index is 715. The Hall–Kier alpha value is -2.48. The van der Waals surface area contributed by atoms with Crippen LogP contribution in [0.5, 0.6) is 5.88 Å². The third-order valence-corrected chi connectivity index (χ3v) is 3.96. The minimum Gasteiger partial charge on any atom is -0.475 e. The van der Waals surface area contributed by atoms with Crippen LogP contribution in [-0.2, 0) is 24.2 Å². The predicted molar refractivity (Wildman–Crippen MR) is 85.7 cm³/mol. The van der Waals surface area contributed by atoms with Gasteiger partial charge in [-0.25, -0.2) is 4.98 Å². The van der Waals surface area contributed by atoms with Gasteiger partial charge >= 0.3 is 0 Å². The smallest absolute Gasteiger partial charge is 0.259 e. The van der Waals surface area contributed by atoms with Crippen LogP contribution < -0.4 is 4.74 Å². The van der Waals surface area contributed by atoms with E-state index in [2.05, 4.69) is 19.7 Å². The van der Waals surface area contributed by atoms with E-state index in [4.69, 9.17) is 9.47 Å². The van der Waals surface area contributed by atoms with Gasteiger partial charge in [0.15, 0.2) is 5.82 Å². The number of fused-ring (bicyclic) bond motifs is 1. The molecule has 0 N–H and O–H groups in total. The number of hydrogen-bond donors (Lipinski definition) is 0. The third-order valence-electron chi connectivity index (χ3n) is 3.96. The van der Waals surface area contributed by atoms with E-state index < -0.39 is 0 Å². The van der Waals surface area contributed by atoms with Gasteiger partial charge in [0.2, 0.25) is 5.88 Å². The molecule has 0 unspecified atom stereocenters. The number of aromatic nitrogens is 4. The molecule has 0 aliphatic carbocycles. The molecule has 0 fully saturated rings. The Morgan fingerprint density at radius 3 is 2.96 bits per heavy atom. The van der Waals surface area contributed by atoms with Crippen molar-refractivity contribution in [3.05, 3.63) is 35.5 Å². The van der Waals surface area contributed by atoms with E-state index in [0.717, 1.165) is 18.1 Å². The molecule has 2 aromatic heterocycles. The number of amides is 1. The van der Waals surface area contributed by atoms with Crippen LogP contribution in [0.25, 0.3) is 0 Å². The molecule has 0 atom stereocenters. The first kappa shape index (κ1) is 16.4. The number of nitrogens with zero attached hydrogens (tertiary/aromatic N) is 5. The van der Waals surface area contributed by atoms with Crippen LogP contribution in [0, 0.1) is 0 Å². The van der Waals surface area contributed by atoms with E-state index in [9.17, 15) is 4.79 Å². The largest absolute Gasteiger partial charge is 0.475 e. The molecule has 8 heteroatoms. The van der Waals surface area contributed by atoms with Crippen molar-refractivity contribution in [3.8, 4) is 5.88 Å². The van der Waals surface area contributed by atoms with Crippen LogP contribution >= 0.6 is 0 Å². The van der Waals surface area contributed by atoms with E-state index in [1.807, 2.05) is 6.92 Å². The van der Waals surface area contributed by atoms with Gasteiger partial charge in [-0.05, 0) is 12.1 Å². The highest BCUT2D eigenvalue weighted by Gasteiger charge is 2.26. The van der Waals surface area contributed by atoms with Crippen LogP contribution in [0.1, 0.15) is 28.9 Å². The zero-order valence-corrected chi connectivity index (χ0v) is 13.9. The highest BCUT2D eigenvalue weighted by Crippen LogP contribution is 2.20. The summed E-state index contributed by atoms with van der Waals surface area (Å²) in [6, 6.07) is 3.46. The molecule has 0 saturated heterocycles. The van der Waals surface area contributed by atoms with Crippen molar-refractivity contribution in [2.75, 3.05) is 26.9 Å². The maximum Gasteiger partial charge on any atom is 0.259 e. The fraction of sp³-hybridized carbons (Fsp3) is 0.500. The lowest BCUT2D eigenvalue weighted by Gasteiger charge is -2.28. The fourth-order valence-corrected chi connectivity index (χ4v) is 2.71. The summed E-state index contributed by atoms with van der Waals surface area (Å²) in [5, 5.41) is 8.37. The van der Waals surface area contributed by atoms with Crippen molar-refractivity contribution in [1.29, 1.82) is 0 Å². The molecule has 0 bridgehead atoms. The summed E-state index contributed by atoms with van der Waals surface area (Å²) in [6.07, 6.45) is 2.44. The molecule has 128 valence electrons. The Balaban J connectivity index is 1.75. The average molecular weight is 331 g/mol. The summed E-state index contributed by atoms with van der Waals surface area (Å²) in [5.74, 6) is 2.00. The molecule has 0 saturated carbocycles. The number of ether oxygens (including phenoxy) is 2. The molecule has 3 heterocycles. The van der Waals surface area contributed by atoms with E-state index in [0.29, 0.717) is 44.3 Å². The highest BCUT2D eigenvalue weighted by molar-refractivity contribution is 5.96. The van der Waals surface area contributed by atoms with Gasteiger partial charge in [-0.1, -0.05) is 6.92 Å². The van der Waals surface area contributed by atoms with Gasteiger partial charge in [-0.15, -0.1) is 10.2 Å². The molecule has 1 amide bonds. The maximum absolute atomic E-state index is 12.9. The second kappa shape index (κ2) is 7.39. The summed E-state index contributed by atoms with van der Waals surface area (Å²) >= 11 is 0. The molecule has 0 spiro atoms. The van der Waals surface area contributed by atoms with Crippen molar-refractivity contribution in [3.63, 3.8) is 0 Å². The number of hydrogen-bond acceptors (Lipinski definition) is 6. The summed E-state index contributed by atoms with van der Waals surface area (Å²) in [4.78, 5) is 18.8. The van der Waals surface area contributed by atoms with Crippen molar-refractivity contribution in [2.24, 2.45) is 0 Å². The topological polar surface area (TPSA) is 82.4 Å². The minimum absolute atomic E-state index is 0.109. The number of carbonyl (C=O) groups excluding carboxylic acids is 1. The van der Waals surface area contributed by atoms with Crippen molar-refractivity contribution >= 4 is 5.91 Å². The van der Waals surface area contributed by atoms with Gasteiger partial charge < -0.3 is 18.9 Å². The van der Waals surface area contributed by atoms with E-state index in [1.165, 1.54) is 0 Å². The Morgan fingerprint density at radius 2 is 2.17 bits per heavy atom. The molecule has 24 heavy (non-hydrogen) atoms. The zero-order valence-electron chi connectivity index (χ0n) is 13.9. The third kappa shape index (κ3) is 3.23. The zero-order chi connectivity index (χ0) is 16.9. The van der Waals surface area contributed by atoms with Gasteiger partial charge in [0.05, 0.1) is 13.2 Å². The molecule has 1 aliphatic heterocycles. The molecule has 8 nitrogen and oxygen atoms in total. The first-order chi connectivity index (χ1) is 11.7. The number of pyridine rings is 1. The number of carbonyl (C=O) groups is 1. The van der Waals surface area contributed by atoms with Gasteiger partial charge in [0.1, 0.15) is 18.0 Å². The second-order valence-corrected chi connectivity index (χ2v) is 5.46. The van der Waals surface area contributed by atoms with Crippen LogP contribution in [0.2, 0.25) is 0 Å². The normalized spacial score (nSPS) is 13.7. The van der Waals surface area contributed by atoms with Gasteiger partial charge in [0, 0.05) is 32.8 Å². The second-order valence-electron chi connectivity index (χ2n) is 5.46. The van der Waals surface area contributed by atoms with Crippen LogP contribution in [0.4, 0.5) is 0 Å². The van der Waals surface area contributed by atoms with Crippen molar-refractivity contribution in [2.45, 2.75) is 26.4 Å². The maximum atomic E-state index is 12.9. The summed E-state index contributed by atoms with van der Waals surface area (Å²) in [7, 11) is 1.60. The predicted octanol–water partition coefficient (Wildman–Crippen LogP) is 0.917. The van der Waals surface area contributed by atoms with E-state index in [1.54, 1.807) is 30.3 Å². The molecule has 1 aliphatic rings. The molecule has 0 radical (unpaired) electrons. The minimum atomic E-state index is -0.109. The van der Waals surface area contributed by atoms with Crippen molar-refractivity contribution < 1.29 is 14.3 Å². The summed E-state index contributed by atoms with van der Waals surface area (Å²) in [5.41, 5.74) is 0.456. The molecule has 0 aromatic carbocycles. The standard InChI is InChI=1S/C16H21N5O3/c1-3-13-18-19-14-11-20(7-8-21(13)14)16(22)12-5-4-6-17-15(12)24-10-9-23-2/h4-6H,3,7-11H2,1-2H3. The van der Waals surface area contributed by atoms with Crippen molar-refractivity contribution in [1.82, 2.24) is 24.6 Å². The van der Waals surface area contributed by atoms with E-state index in [-0.39, 0.29) is 5.91 Å². The number of aryl methyl sites for hydroxylation is 1. The van der Waals surface area contributed by atoms with Gasteiger partial charge in [0.25, 0.3) is 5.91 Å². The number of methoxy groups -OCH3 is 1. The monoisotopic (exact) mass is 331 g/mol. The molecule has 2 aromatic rings. The lowest BCUT2D eigenvalue weighted by atomic mass is 10.2. The average Bonchev–Trinajstić information content (AvgIpc) is 3.04.